The number of urea groups is 1. The van der Waals surface area contributed by atoms with Gasteiger partial charge in [-0.05, 0) is 51.4 Å². The van der Waals surface area contributed by atoms with E-state index in [1.165, 1.54) is 0 Å². The number of benzene rings is 1. The summed E-state index contributed by atoms with van der Waals surface area (Å²) in [6, 6.07) is 4.94. The quantitative estimate of drug-likeness (QED) is 0.395. The summed E-state index contributed by atoms with van der Waals surface area (Å²) in [4.78, 5) is 23.1. The second-order valence-electron chi connectivity index (χ2n) is 6.57. The van der Waals surface area contributed by atoms with Crippen molar-refractivity contribution in [3.8, 4) is 0 Å². The van der Waals surface area contributed by atoms with E-state index < -0.39 is 11.7 Å². The molecule has 0 radical (unpaired) electrons. The lowest BCUT2D eigenvalue weighted by atomic mass is 10.2. The molecular formula is C17H26Cl2N4O3. The summed E-state index contributed by atoms with van der Waals surface area (Å²) >= 11 is 11.8. The molecule has 0 aliphatic rings. The zero-order valence-corrected chi connectivity index (χ0v) is 16.8. The molecule has 7 nitrogen and oxygen atoms in total. The molecule has 0 bridgehead atoms. The van der Waals surface area contributed by atoms with Crippen LogP contribution in [0.15, 0.2) is 18.2 Å². The Balaban J connectivity index is 2.04. The maximum Gasteiger partial charge on any atom is 0.408 e. The average molecular weight is 405 g/mol. The molecular weight excluding hydrogens is 379 g/mol. The number of halogens is 2. The van der Waals surface area contributed by atoms with Gasteiger partial charge in [0, 0.05) is 13.1 Å². The molecule has 1 aromatic rings. The van der Waals surface area contributed by atoms with Gasteiger partial charge in [-0.2, -0.15) is 0 Å². The number of rotatable bonds is 8. The van der Waals surface area contributed by atoms with Gasteiger partial charge in [-0.15, -0.1) is 0 Å². The number of ether oxygens (including phenoxy) is 1. The molecule has 1 rings (SSSR count). The molecule has 0 heterocycles. The van der Waals surface area contributed by atoms with Gasteiger partial charge in [0.05, 0.1) is 16.7 Å². The highest BCUT2D eigenvalue weighted by Crippen LogP contribution is 2.22. The van der Waals surface area contributed by atoms with E-state index in [9.17, 15) is 9.59 Å². The Morgan fingerprint density at radius 2 is 1.77 bits per heavy atom. The average Bonchev–Trinajstić information content (AvgIpc) is 2.53. The third-order valence-corrected chi connectivity index (χ3v) is 3.75. The zero-order chi connectivity index (χ0) is 19.6. The van der Waals surface area contributed by atoms with Crippen molar-refractivity contribution in [2.24, 2.45) is 0 Å². The third-order valence-electron chi connectivity index (χ3n) is 3.01. The third kappa shape index (κ3) is 10.3. The minimum atomic E-state index is -0.515. The first kappa shape index (κ1) is 22.3. The Morgan fingerprint density at radius 3 is 2.42 bits per heavy atom. The summed E-state index contributed by atoms with van der Waals surface area (Å²) in [5, 5.41) is 12.1. The Morgan fingerprint density at radius 1 is 1.04 bits per heavy atom. The summed E-state index contributed by atoms with van der Waals surface area (Å²) in [5.74, 6) is 0. The fourth-order valence-electron chi connectivity index (χ4n) is 1.85. The Bertz CT molecular complexity index is 606. The highest BCUT2D eigenvalue weighted by atomic mass is 35.5. The molecule has 0 spiro atoms. The maximum atomic E-state index is 11.7. The standard InChI is InChI=1S/C17H26Cl2N4O3/c1-17(2,3)26-16(25)23-11-20-7-4-8-21-15(24)22-10-12-5-6-13(18)14(19)9-12/h5-6,9,20H,4,7-8,10-11H2,1-3H3,(H,23,25)(H2,21,22,24). The van der Waals surface area contributed by atoms with Gasteiger partial charge in [0.25, 0.3) is 0 Å². The molecule has 146 valence electrons. The summed E-state index contributed by atoms with van der Waals surface area (Å²) < 4.78 is 5.10. The predicted molar refractivity (Wildman–Crippen MR) is 104 cm³/mol. The van der Waals surface area contributed by atoms with Crippen LogP contribution in [-0.2, 0) is 11.3 Å². The van der Waals surface area contributed by atoms with Crippen molar-refractivity contribution < 1.29 is 14.3 Å². The van der Waals surface area contributed by atoms with Crippen LogP contribution in [0.5, 0.6) is 0 Å². The number of hydrogen-bond acceptors (Lipinski definition) is 4. The number of hydrogen-bond donors (Lipinski definition) is 4. The lowest BCUT2D eigenvalue weighted by Gasteiger charge is -2.19. The predicted octanol–water partition coefficient (Wildman–Crippen LogP) is 3.25. The summed E-state index contributed by atoms with van der Waals surface area (Å²) in [6.07, 6.45) is 0.251. The van der Waals surface area contributed by atoms with Crippen LogP contribution >= 0.6 is 23.2 Å². The zero-order valence-electron chi connectivity index (χ0n) is 15.2. The minimum absolute atomic E-state index is 0.261. The number of carbonyl (C=O) groups excluding carboxylic acids is 2. The maximum absolute atomic E-state index is 11.7. The van der Waals surface area contributed by atoms with Crippen LogP contribution in [-0.4, -0.2) is 37.5 Å². The topological polar surface area (TPSA) is 91.5 Å². The van der Waals surface area contributed by atoms with Gasteiger partial charge in [-0.25, -0.2) is 9.59 Å². The van der Waals surface area contributed by atoms with Crippen LogP contribution in [0, 0.1) is 0 Å². The van der Waals surface area contributed by atoms with E-state index >= 15 is 0 Å². The normalized spacial score (nSPS) is 11.0. The Hall–Kier alpha value is -1.70. The fourth-order valence-corrected chi connectivity index (χ4v) is 2.17. The Kier molecular flexibility index (Phi) is 9.54. The van der Waals surface area contributed by atoms with E-state index in [1.807, 2.05) is 0 Å². The molecule has 0 aliphatic carbocycles. The molecule has 4 N–H and O–H groups in total. The monoisotopic (exact) mass is 404 g/mol. The molecule has 0 unspecified atom stereocenters. The molecule has 9 heteroatoms. The van der Waals surface area contributed by atoms with Gasteiger partial charge < -0.3 is 20.7 Å². The van der Waals surface area contributed by atoms with Crippen molar-refractivity contribution in [1.82, 2.24) is 21.3 Å². The van der Waals surface area contributed by atoms with E-state index in [0.29, 0.717) is 36.3 Å². The van der Waals surface area contributed by atoms with Gasteiger partial charge in [0.15, 0.2) is 0 Å². The smallest absolute Gasteiger partial charge is 0.408 e. The number of alkyl carbamates (subject to hydrolysis) is 1. The number of amides is 3. The van der Waals surface area contributed by atoms with E-state index in [0.717, 1.165) is 12.0 Å². The molecule has 0 atom stereocenters. The molecule has 26 heavy (non-hydrogen) atoms. The van der Waals surface area contributed by atoms with Gasteiger partial charge in [-0.3, -0.25) is 5.32 Å². The number of nitrogens with one attached hydrogen (secondary N) is 4. The van der Waals surface area contributed by atoms with E-state index in [4.69, 9.17) is 27.9 Å². The van der Waals surface area contributed by atoms with Crippen molar-refractivity contribution in [2.45, 2.75) is 39.3 Å². The molecule has 0 aliphatic heterocycles. The van der Waals surface area contributed by atoms with Crippen LogP contribution in [0.4, 0.5) is 9.59 Å². The van der Waals surface area contributed by atoms with Crippen LogP contribution in [0.2, 0.25) is 10.0 Å². The fraction of sp³-hybridized carbons (Fsp3) is 0.529. The van der Waals surface area contributed by atoms with Crippen molar-refractivity contribution in [3.05, 3.63) is 33.8 Å². The van der Waals surface area contributed by atoms with Crippen LogP contribution in [0.1, 0.15) is 32.8 Å². The lowest BCUT2D eigenvalue weighted by molar-refractivity contribution is 0.0523. The van der Waals surface area contributed by atoms with Crippen molar-refractivity contribution >= 4 is 35.3 Å². The summed E-state index contributed by atoms with van der Waals surface area (Å²) in [7, 11) is 0. The van der Waals surface area contributed by atoms with Crippen LogP contribution in [0.3, 0.4) is 0 Å². The first-order chi connectivity index (χ1) is 12.2. The van der Waals surface area contributed by atoms with E-state index in [1.54, 1.807) is 39.0 Å². The first-order valence-electron chi connectivity index (χ1n) is 8.30. The first-order valence-corrected chi connectivity index (χ1v) is 9.06. The van der Waals surface area contributed by atoms with E-state index in [-0.39, 0.29) is 6.03 Å². The minimum Gasteiger partial charge on any atom is -0.444 e. The molecule has 0 saturated heterocycles. The largest absolute Gasteiger partial charge is 0.444 e. The SMILES string of the molecule is CC(C)(C)OC(=O)NCNCCCNC(=O)NCc1ccc(Cl)c(Cl)c1. The highest BCUT2D eigenvalue weighted by Gasteiger charge is 2.15. The van der Waals surface area contributed by atoms with Crippen LogP contribution in [0.25, 0.3) is 0 Å². The molecule has 0 aromatic heterocycles. The van der Waals surface area contributed by atoms with Crippen molar-refractivity contribution in [2.75, 3.05) is 19.8 Å². The van der Waals surface area contributed by atoms with Gasteiger partial charge >= 0.3 is 12.1 Å². The molecule has 3 amide bonds. The molecule has 1 aromatic carbocycles. The lowest BCUT2D eigenvalue weighted by Crippen LogP contribution is -2.39. The second-order valence-corrected chi connectivity index (χ2v) is 7.38. The van der Waals surface area contributed by atoms with E-state index in [2.05, 4.69) is 21.3 Å². The Labute approximate surface area is 164 Å². The van der Waals surface area contributed by atoms with Gasteiger partial charge in [-0.1, -0.05) is 29.3 Å². The van der Waals surface area contributed by atoms with Crippen molar-refractivity contribution in [3.63, 3.8) is 0 Å². The number of carbonyl (C=O) groups is 2. The van der Waals surface area contributed by atoms with Gasteiger partial charge in [0.1, 0.15) is 5.60 Å². The molecule has 0 fully saturated rings. The van der Waals surface area contributed by atoms with Gasteiger partial charge in [0.2, 0.25) is 0 Å². The highest BCUT2D eigenvalue weighted by molar-refractivity contribution is 6.42. The summed E-state index contributed by atoms with van der Waals surface area (Å²) in [6.45, 7) is 7.23. The molecule has 0 saturated carbocycles. The second kappa shape index (κ2) is 11.1. The summed E-state index contributed by atoms with van der Waals surface area (Å²) in [5.41, 5.74) is 0.350. The van der Waals surface area contributed by atoms with Crippen molar-refractivity contribution in [1.29, 1.82) is 0 Å². The van der Waals surface area contributed by atoms with Crippen LogP contribution < -0.4 is 21.3 Å².